The lowest BCUT2D eigenvalue weighted by atomic mass is 9.99. The van der Waals surface area contributed by atoms with Crippen LogP contribution < -0.4 is 4.74 Å². The van der Waals surface area contributed by atoms with Crippen LogP contribution in [0.3, 0.4) is 0 Å². The molecule has 0 bridgehead atoms. The summed E-state index contributed by atoms with van der Waals surface area (Å²) in [4.78, 5) is 8.21. The zero-order valence-electron chi connectivity index (χ0n) is 17.8. The van der Waals surface area contributed by atoms with Crippen LogP contribution in [0, 0.1) is 6.92 Å². The van der Waals surface area contributed by atoms with E-state index in [0.29, 0.717) is 17.1 Å². The van der Waals surface area contributed by atoms with Crippen molar-refractivity contribution in [3.8, 4) is 16.9 Å². The molecule has 0 aliphatic rings. The second-order valence-corrected chi connectivity index (χ2v) is 10.0. The number of hydrogen-bond acceptors (Lipinski definition) is 5. The molecular formula is C24H26N2O4S. The number of aliphatic hydroxyl groups is 1. The smallest absolute Gasteiger partial charge is 0.178 e. The molecule has 2 aromatic heterocycles. The number of sulfone groups is 1. The van der Waals surface area contributed by atoms with Crippen molar-refractivity contribution in [3.05, 3.63) is 54.2 Å². The van der Waals surface area contributed by atoms with Crippen molar-refractivity contribution in [2.24, 2.45) is 0 Å². The average Bonchev–Trinajstić information content (AvgIpc) is 3.13. The number of hydrogen-bond donors (Lipinski definition) is 2. The predicted octanol–water partition coefficient (Wildman–Crippen LogP) is 4.63. The highest BCUT2D eigenvalue weighted by Crippen LogP contribution is 2.39. The third kappa shape index (κ3) is 4.03. The van der Waals surface area contributed by atoms with Crippen molar-refractivity contribution in [1.29, 1.82) is 0 Å². The van der Waals surface area contributed by atoms with Crippen molar-refractivity contribution in [2.45, 2.75) is 38.2 Å². The van der Waals surface area contributed by atoms with E-state index in [0.717, 1.165) is 38.6 Å². The summed E-state index contributed by atoms with van der Waals surface area (Å²) in [6.45, 7) is 5.60. The average molecular weight is 439 g/mol. The largest absolute Gasteiger partial charge is 0.488 e. The van der Waals surface area contributed by atoms with Crippen molar-refractivity contribution < 1.29 is 18.3 Å². The summed E-state index contributed by atoms with van der Waals surface area (Å²) in [5, 5.41) is 11.1. The minimum atomic E-state index is -3.32. The number of benzene rings is 2. The van der Waals surface area contributed by atoms with Gasteiger partial charge in [-0.15, -0.1) is 0 Å². The minimum Gasteiger partial charge on any atom is -0.488 e. The van der Waals surface area contributed by atoms with Gasteiger partial charge in [0.15, 0.2) is 9.84 Å². The van der Waals surface area contributed by atoms with Gasteiger partial charge in [0, 0.05) is 30.0 Å². The highest BCUT2D eigenvalue weighted by atomic mass is 32.2. The molecule has 6 nitrogen and oxygen atoms in total. The van der Waals surface area contributed by atoms with Crippen molar-refractivity contribution in [2.75, 3.05) is 12.4 Å². The first-order chi connectivity index (χ1) is 14.8. The molecule has 2 aromatic carbocycles. The molecule has 0 aliphatic carbocycles. The first kappa shape index (κ1) is 21.3. The molecule has 0 saturated carbocycles. The number of aliphatic hydroxyl groups excluding tert-OH is 1. The zero-order valence-corrected chi connectivity index (χ0v) is 18.7. The topological polar surface area (TPSA) is 92.3 Å². The Morgan fingerprint density at radius 3 is 2.74 bits per heavy atom. The number of aromatic amines is 1. The van der Waals surface area contributed by atoms with E-state index in [9.17, 15) is 13.5 Å². The van der Waals surface area contributed by atoms with Crippen LogP contribution in [0.15, 0.2) is 53.6 Å². The number of nitrogens with zero attached hydrogens (tertiary/aromatic N) is 1. The molecule has 0 spiro atoms. The monoisotopic (exact) mass is 438 g/mol. The second kappa shape index (κ2) is 8.32. The van der Waals surface area contributed by atoms with E-state index < -0.39 is 9.84 Å². The van der Waals surface area contributed by atoms with E-state index in [1.807, 2.05) is 32.0 Å². The quantitative estimate of drug-likeness (QED) is 0.439. The van der Waals surface area contributed by atoms with Crippen LogP contribution in [0.4, 0.5) is 0 Å². The Morgan fingerprint density at radius 2 is 2.00 bits per heavy atom. The van der Waals surface area contributed by atoms with Gasteiger partial charge >= 0.3 is 0 Å². The molecule has 2 N–H and O–H groups in total. The van der Waals surface area contributed by atoms with Crippen LogP contribution in [-0.2, 0) is 9.84 Å². The van der Waals surface area contributed by atoms with Gasteiger partial charge in [-0.05, 0) is 60.9 Å². The third-order valence-corrected chi connectivity index (χ3v) is 7.18. The molecule has 1 unspecified atom stereocenters. The fraction of sp³-hybridized carbons (Fsp3) is 0.292. The number of fused-ring (bicyclic) bond motifs is 3. The van der Waals surface area contributed by atoms with Crippen molar-refractivity contribution in [3.63, 3.8) is 0 Å². The van der Waals surface area contributed by atoms with Crippen LogP contribution >= 0.6 is 0 Å². The van der Waals surface area contributed by atoms with Crippen molar-refractivity contribution >= 4 is 31.8 Å². The van der Waals surface area contributed by atoms with Crippen LogP contribution in [0.2, 0.25) is 0 Å². The SMILES string of the molecule is CCS(=O)(=O)c1cccc(-c2ccc(OC(C)CCO)c3[nH]c4ncc(C)cc4c23)c1. The number of ether oxygens (including phenoxy) is 1. The van der Waals surface area contributed by atoms with Crippen LogP contribution in [0.5, 0.6) is 5.75 Å². The summed E-state index contributed by atoms with van der Waals surface area (Å²) >= 11 is 0. The molecule has 0 saturated heterocycles. The lowest BCUT2D eigenvalue weighted by Gasteiger charge is -2.16. The van der Waals surface area contributed by atoms with Gasteiger partial charge in [0.1, 0.15) is 11.4 Å². The van der Waals surface area contributed by atoms with Crippen LogP contribution in [0.1, 0.15) is 25.8 Å². The van der Waals surface area contributed by atoms with E-state index >= 15 is 0 Å². The Balaban J connectivity index is 1.98. The van der Waals surface area contributed by atoms with Gasteiger partial charge < -0.3 is 14.8 Å². The number of aromatic nitrogens is 2. The Hall–Kier alpha value is -2.90. The zero-order chi connectivity index (χ0) is 22.2. The highest BCUT2D eigenvalue weighted by Gasteiger charge is 2.19. The van der Waals surface area contributed by atoms with Gasteiger partial charge in [0.25, 0.3) is 0 Å². The molecule has 0 amide bonds. The first-order valence-corrected chi connectivity index (χ1v) is 12.0. The Labute approximate surface area is 181 Å². The molecule has 4 rings (SSSR count). The first-order valence-electron chi connectivity index (χ1n) is 10.4. The summed E-state index contributed by atoms with van der Waals surface area (Å²) < 4.78 is 31.0. The standard InChI is InChI=1S/C24H26N2O4S/c1-4-31(28,29)18-7-5-6-17(13-18)19-8-9-21(30-16(3)10-11-27)23-22(19)20-12-15(2)14-25-24(20)26-23/h5-9,12-14,16,27H,4,10-11H2,1-3H3,(H,25,26). The number of H-pyrrole nitrogens is 1. The molecule has 0 fully saturated rings. The molecule has 2 heterocycles. The Kier molecular flexibility index (Phi) is 5.73. The van der Waals surface area contributed by atoms with E-state index in [1.165, 1.54) is 0 Å². The number of pyridine rings is 1. The number of nitrogens with one attached hydrogen (secondary N) is 1. The van der Waals surface area contributed by atoms with Gasteiger partial charge in [-0.2, -0.15) is 0 Å². The lowest BCUT2D eigenvalue weighted by Crippen LogP contribution is -2.13. The molecule has 0 aliphatic heterocycles. The van der Waals surface area contributed by atoms with E-state index in [2.05, 4.69) is 16.0 Å². The van der Waals surface area contributed by atoms with Gasteiger partial charge in [-0.3, -0.25) is 0 Å². The molecular weight excluding hydrogens is 412 g/mol. The van der Waals surface area contributed by atoms with E-state index in [4.69, 9.17) is 4.74 Å². The molecule has 7 heteroatoms. The van der Waals surface area contributed by atoms with Gasteiger partial charge in [-0.25, -0.2) is 13.4 Å². The van der Waals surface area contributed by atoms with Gasteiger partial charge in [0.05, 0.1) is 22.3 Å². The summed E-state index contributed by atoms with van der Waals surface area (Å²) in [6, 6.07) is 13.0. The summed E-state index contributed by atoms with van der Waals surface area (Å²) in [5.74, 6) is 0.727. The molecule has 1 atom stereocenters. The van der Waals surface area contributed by atoms with Crippen LogP contribution in [-0.4, -0.2) is 42.0 Å². The fourth-order valence-electron chi connectivity index (χ4n) is 3.79. The van der Waals surface area contributed by atoms with E-state index in [1.54, 1.807) is 31.3 Å². The second-order valence-electron chi connectivity index (χ2n) is 7.77. The maximum absolute atomic E-state index is 12.4. The summed E-state index contributed by atoms with van der Waals surface area (Å²) in [5.41, 5.74) is 4.30. The number of aryl methyl sites for hydroxylation is 1. The third-order valence-electron chi connectivity index (χ3n) is 5.45. The van der Waals surface area contributed by atoms with Crippen LogP contribution in [0.25, 0.3) is 33.1 Å². The minimum absolute atomic E-state index is 0.0501. The van der Waals surface area contributed by atoms with Gasteiger partial charge in [-0.1, -0.05) is 19.1 Å². The predicted molar refractivity (Wildman–Crippen MR) is 123 cm³/mol. The highest BCUT2D eigenvalue weighted by molar-refractivity contribution is 7.91. The maximum atomic E-state index is 12.4. The maximum Gasteiger partial charge on any atom is 0.178 e. The molecule has 31 heavy (non-hydrogen) atoms. The molecule has 162 valence electrons. The number of rotatable bonds is 7. The van der Waals surface area contributed by atoms with Crippen molar-refractivity contribution in [1.82, 2.24) is 9.97 Å². The Morgan fingerprint density at radius 1 is 1.19 bits per heavy atom. The fourth-order valence-corrected chi connectivity index (χ4v) is 4.71. The lowest BCUT2D eigenvalue weighted by molar-refractivity contribution is 0.170. The normalized spacial score (nSPS) is 13.0. The molecule has 0 radical (unpaired) electrons. The summed E-state index contributed by atoms with van der Waals surface area (Å²) in [6.07, 6.45) is 2.18. The van der Waals surface area contributed by atoms with Gasteiger partial charge in [0.2, 0.25) is 0 Å². The molecule has 4 aromatic rings. The van der Waals surface area contributed by atoms with E-state index in [-0.39, 0.29) is 18.5 Å². The summed E-state index contributed by atoms with van der Waals surface area (Å²) in [7, 11) is -3.32. The Bertz CT molecular complexity index is 1360.